The first-order valence-corrected chi connectivity index (χ1v) is 9.43. The zero-order valence-electron chi connectivity index (χ0n) is 16.9. The third kappa shape index (κ3) is 5.41. The van der Waals surface area contributed by atoms with Crippen LogP contribution < -0.4 is 15.1 Å². The van der Waals surface area contributed by atoms with Crippen molar-refractivity contribution in [2.24, 2.45) is 0 Å². The van der Waals surface area contributed by atoms with Crippen LogP contribution in [0.5, 0.6) is 5.75 Å². The van der Waals surface area contributed by atoms with E-state index in [1.165, 1.54) is 24.3 Å². The molecule has 0 aliphatic rings. The molecule has 0 fully saturated rings. The molecule has 1 N–H and O–H groups in total. The summed E-state index contributed by atoms with van der Waals surface area (Å²) < 4.78 is 42.3. The Kier molecular flexibility index (Phi) is 6.46. The standard InChI is InChI=1S/C20H23F3N6O/c1-4-28(5-2)27(3)19-14-29(26-25-19)17-10-6-15(7-11-17)24-16-8-12-18(13-9-16)30-20(21,22)23/h6-14,24H,4-5H2,1-3H3. The van der Waals surface area contributed by atoms with E-state index in [4.69, 9.17) is 0 Å². The predicted molar refractivity (Wildman–Crippen MR) is 109 cm³/mol. The number of rotatable bonds is 8. The predicted octanol–water partition coefficient (Wildman–Crippen LogP) is 4.60. The molecule has 0 atom stereocenters. The summed E-state index contributed by atoms with van der Waals surface area (Å²) in [5, 5.41) is 15.6. The minimum Gasteiger partial charge on any atom is -0.406 e. The average molecular weight is 420 g/mol. The molecule has 0 saturated heterocycles. The van der Waals surface area contributed by atoms with Crippen molar-refractivity contribution in [2.45, 2.75) is 20.2 Å². The largest absolute Gasteiger partial charge is 0.573 e. The number of nitrogens with zero attached hydrogens (tertiary/aromatic N) is 5. The third-order valence-electron chi connectivity index (χ3n) is 4.48. The smallest absolute Gasteiger partial charge is 0.406 e. The summed E-state index contributed by atoms with van der Waals surface area (Å²) in [6.07, 6.45) is -2.85. The zero-order valence-corrected chi connectivity index (χ0v) is 16.9. The van der Waals surface area contributed by atoms with Crippen molar-refractivity contribution in [1.82, 2.24) is 20.0 Å². The van der Waals surface area contributed by atoms with Gasteiger partial charge in [0.15, 0.2) is 5.82 Å². The summed E-state index contributed by atoms with van der Waals surface area (Å²) in [5.74, 6) is 0.474. The van der Waals surface area contributed by atoms with Gasteiger partial charge < -0.3 is 10.1 Å². The lowest BCUT2D eigenvalue weighted by molar-refractivity contribution is -0.274. The highest BCUT2D eigenvalue weighted by Crippen LogP contribution is 2.25. The molecule has 3 rings (SSSR count). The first-order valence-electron chi connectivity index (χ1n) is 9.43. The Labute approximate surface area is 172 Å². The molecule has 3 aromatic rings. The van der Waals surface area contributed by atoms with Gasteiger partial charge in [0.2, 0.25) is 0 Å². The van der Waals surface area contributed by atoms with Gasteiger partial charge in [-0.2, -0.15) is 0 Å². The number of aromatic nitrogens is 3. The minimum atomic E-state index is -4.70. The average Bonchev–Trinajstić information content (AvgIpc) is 3.20. The van der Waals surface area contributed by atoms with Crippen LogP contribution in [0.15, 0.2) is 54.7 Å². The number of halogens is 3. The van der Waals surface area contributed by atoms with Gasteiger partial charge in [-0.05, 0) is 48.5 Å². The summed E-state index contributed by atoms with van der Waals surface area (Å²) in [6, 6.07) is 13.0. The first kappa shape index (κ1) is 21.4. The van der Waals surface area contributed by atoms with Crippen LogP contribution in [0.3, 0.4) is 0 Å². The zero-order chi connectivity index (χ0) is 21.7. The molecule has 0 spiro atoms. The van der Waals surface area contributed by atoms with Gasteiger partial charge in [-0.15, -0.1) is 18.3 Å². The molecule has 1 aromatic heterocycles. The quantitative estimate of drug-likeness (QED) is 0.538. The van der Waals surface area contributed by atoms with Crippen LogP contribution >= 0.6 is 0 Å². The number of hydrogen-bond donors (Lipinski definition) is 1. The van der Waals surface area contributed by atoms with Gasteiger partial charge >= 0.3 is 6.36 Å². The second-order valence-electron chi connectivity index (χ2n) is 6.43. The highest BCUT2D eigenvalue weighted by molar-refractivity contribution is 5.61. The van der Waals surface area contributed by atoms with Gasteiger partial charge in [0, 0.05) is 31.5 Å². The highest BCUT2D eigenvalue weighted by Gasteiger charge is 2.30. The van der Waals surface area contributed by atoms with Gasteiger partial charge in [-0.1, -0.05) is 19.1 Å². The molecule has 10 heteroatoms. The van der Waals surface area contributed by atoms with Crippen molar-refractivity contribution in [3.05, 3.63) is 54.7 Å². The van der Waals surface area contributed by atoms with E-state index < -0.39 is 6.36 Å². The van der Waals surface area contributed by atoms with Crippen LogP contribution in [0.2, 0.25) is 0 Å². The monoisotopic (exact) mass is 420 g/mol. The fraction of sp³-hybridized carbons (Fsp3) is 0.300. The summed E-state index contributed by atoms with van der Waals surface area (Å²) >= 11 is 0. The lowest BCUT2D eigenvalue weighted by Gasteiger charge is -2.29. The molecule has 0 bridgehead atoms. The number of nitrogens with one attached hydrogen (secondary N) is 1. The van der Waals surface area contributed by atoms with Crippen molar-refractivity contribution in [3.63, 3.8) is 0 Å². The minimum absolute atomic E-state index is 0.264. The van der Waals surface area contributed by atoms with E-state index >= 15 is 0 Å². The SMILES string of the molecule is CCN(CC)N(C)c1cn(-c2ccc(Nc3ccc(OC(F)(F)F)cc3)cc2)nn1. The second-order valence-corrected chi connectivity index (χ2v) is 6.43. The Balaban J connectivity index is 1.65. The number of hydrazine groups is 1. The summed E-state index contributed by atoms with van der Waals surface area (Å²) in [4.78, 5) is 0. The number of benzene rings is 2. The lowest BCUT2D eigenvalue weighted by Crippen LogP contribution is -2.39. The number of anilines is 3. The van der Waals surface area contributed by atoms with Gasteiger partial charge in [0.25, 0.3) is 0 Å². The van der Waals surface area contributed by atoms with Crippen molar-refractivity contribution in [1.29, 1.82) is 0 Å². The van der Waals surface area contributed by atoms with Crippen LogP contribution in [0, 0.1) is 0 Å². The molecule has 2 aromatic carbocycles. The van der Waals surface area contributed by atoms with Crippen LogP contribution in [0.4, 0.5) is 30.4 Å². The second kappa shape index (κ2) is 9.04. The molecule has 30 heavy (non-hydrogen) atoms. The maximum Gasteiger partial charge on any atom is 0.573 e. The van der Waals surface area contributed by atoms with Gasteiger partial charge in [0.05, 0.1) is 11.9 Å². The molecule has 0 aliphatic carbocycles. The maximum atomic E-state index is 12.2. The number of ether oxygens (including phenoxy) is 1. The third-order valence-corrected chi connectivity index (χ3v) is 4.48. The van der Waals surface area contributed by atoms with Gasteiger partial charge in [-0.3, -0.25) is 5.01 Å². The Morgan fingerprint density at radius 3 is 2.07 bits per heavy atom. The van der Waals surface area contributed by atoms with Crippen LogP contribution in [0.25, 0.3) is 5.69 Å². The van der Waals surface area contributed by atoms with E-state index in [1.54, 1.807) is 4.68 Å². The van der Waals surface area contributed by atoms with E-state index in [2.05, 4.69) is 39.2 Å². The fourth-order valence-corrected chi connectivity index (χ4v) is 2.93. The Morgan fingerprint density at radius 1 is 0.967 bits per heavy atom. The Hall–Kier alpha value is -3.27. The van der Waals surface area contributed by atoms with E-state index in [9.17, 15) is 13.2 Å². The summed E-state index contributed by atoms with van der Waals surface area (Å²) in [5.41, 5.74) is 2.26. The molecular formula is C20H23F3N6O. The van der Waals surface area contributed by atoms with Crippen molar-refractivity contribution < 1.29 is 17.9 Å². The molecule has 7 nitrogen and oxygen atoms in total. The molecule has 1 heterocycles. The molecule has 0 aliphatic heterocycles. The first-order chi connectivity index (χ1) is 14.3. The number of hydrogen-bond acceptors (Lipinski definition) is 6. The topological polar surface area (TPSA) is 58.5 Å². The maximum absolute atomic E-state index is 12.2. The van der Waals surface area contributed by atoms with Crippen LogP contribution in [-0.4, -0.2) is 46.5 Å². The van der Waals surface area contributed by atoms with Gasteiger partial charge in [0.1, 0.15) is 5.75 Å². The molecule has 160 valence electrons. The van der Waals surface area contributed by atoms with E-state index in [0.717, 1.165) is 30.3 Å². The molecule has 0 radical (unpaired) electrons. The molecular weight excluding hydrogens is 397 g/mol. The van der Waals surface area contributed by atoms with Crippen LogP contribution in [-0.2, 0) is 0 Å². The van der Waals surface area contributed by atoms with Gasteiger partial charge in [-0.25, -0.2) is 9.69 Å². The van der Waals surface area contributed by atoms with Crippen molar-refractivity contribution >= 4 is 17.2 Å². The van der Waals surface area contributed by atoms with Crippen molar-refractivity contribution in [3.8, 4) is 11.4 Å². The van der Waals surface area contributed by atoms with E-state index in [0.29, 0.717) is 5.69 Å². The van der Waals surface area contributed by atoms with Crippen molar-refractivity contribution in [2.75, 3.05) is 30.5 Å². The Bertz CT molecular complexity index is 936. The summed E-state index contributed by atoms with van der Waals surface area (Å²) in [7, 11) is 1.94. The van der Waals surface area contributed by atoms with Crippen LogP contribution in [0.1, 0.15) is 13.8 Å². The van der Waals surface area contributed by atoms with E-state index in [-0.39, 0.29) is 5.75 Å². The lowest BCUT2D eigenvalue weighted by atomic mass is 10.2. The normalized spacial score (nSPS) is 11.6. The Morgan fingerprint density at radius 2 is 1.53 bits per heavy atom. The van der Waals surface area contributed by atoms with E-state index in [1.807, 2.05) is 42.5 Å². The molecule has 0 unspecified atom stereocenters. The fourth-order valence-electron chi connectivity index (χ4n) is 2.93. The molecule has 0 amide bonds. The molecule has 0 saturated carbocycles. The highest BCUT2D eigenvalue weighted by atomic mass is 19.4. The number of alkyl halides is 3. The summed E-state index contributed by atoms with van der Waals surface area (Å²) in [6.45, 7) is 5.88.